The quantitative estimate of drug-likeness (QED) is 0.266. The zero-order valence-electron chi connectivity index (χ0n) is 21.2. The Hall–Kier alpha value is -2.41. The third kappa shape index (κ3) is 5.45. The van der Waals surface area contributed by atoms with Crippen LogP contribution in [0.3, 0.4) is 0 Å². The summed E-state index contributed by atoms with van der Waals surface area (Å²) in [6.07, 6.45) is 15.8. The lowest BCUT2D eigenvalue weighted by atomic mass is 9.62. The van der Waals surface area contributed by atoms with Crippen LogP contribution in [0.5, 0.6) is 0 Å². The number of hydrogen-bond acceptors (Lipinski definition) is 0. The van der Waals surface area contributed by atoms with Gasteiger partial charge in [0.25, 0.3) is 0 Å². The number of allylic oxidation sites excluding steroid dienone is 1. The zero-order valence-corrected chi connectivity index (χ0v) is 21.2. The lowest BCUT2D eigenvalue weighted by Gasteiger charge is -2.43. The SMILES string of the molecule is C=CCCc1ccc(-c2ccc3cc(CCC4(C(C)CCC)CCCCC4)ccc3c2F)cc1. The molecule has 1 aliphatic carbocycles. The standard InChI is InChI=1S/C33H41F/c1-4-6-11-26-12-15-28(16-13-26)30-19-17-29-24-27(14-18-31(29)32(30)34)20-23-33(25(3)10-5-2)21-8-7-9-22-33/h4,12-19,24-25H,1,5-11,20-23H2,2-3H3. The van der Waals surface area contributed by atoms with Crippen LogP contribution in [0.1, 0.15) is 82.8 Å². The molecule has 1 saturated carbocycles. The van der Waals surface area contributed by atoms with Gasteiger partial charge in [0.1, 0.15) is 5.82 Å². The molecule has 0 heterocycles. The van der Waals surface area contributed by atoms with E-state index in [9.17, 15) is 0 Å². The maximum Gasteiger partial charge on any atom is 0.138 e. The van der Waals surface area contributed by atoms with Crippen molar-refractivity contribution in [2.45, 2.75) is 84.5 Å². The molecule has 1 unspecified atom stereocenters. The van der Waals surface area contributed by atoms with E-state index in [1.54, 1.807) is 0 Å². The molecule has 1 heteroatoms. The number of benzene rings is 3. The summed E-state index contributed by atoms with van der Waals surface area (Å²) in [4.78, 5) is 0. The van der Waals surface area contributed by atoms with Crippen molar-refractivity contribution in [3.8, 4) is 11.1 Å². The molecule has 0 nitrogen and oxygen atoms in total. The first-order valence-corrected chi connectivity index (χ1v) is 13.5. The highest BCUT2D eigenvalue weighted by atomic mass is 19.1. The molecule has 4 rings (SSSR count). The fraction of sp³-hybridized carbons (Fsp3) is 0.455. The van der Waals surface area contributed by atoms with Gasteiger partial charge < -0.3 is 0 Å². The summed E-state index contributed by atoms with van der Waals surface area (Å²) in [5.74, 6) is 0.685. The number of halogens is 1. The lowest BCUT2D eigenvalue weighted by Crippen LogP contribution is -2.32. The summed E-state index contributed by atoms with van der Waals surface area (Å²) in [7, 11) is 0. The van der Waals surface area contributed by atoms with Gasteiger partial charge in [0.05, 0.1) is 0 Å². The minimum absolute atomic E-state index is 0.108. The molecule has 0 bridgehead atoms. The predicted octanol–water partition coefficient (Wildman–Crippen LogP) is 10.1. The number of aryl methyl sites for hydroxylation is 2. The molecular weight excluding hydrogens is 415 g/mol. The summed E-state index contributed by atoms with van der Waals surface area (Å²) in [5.41, 5.74) is 4.73. The van der Waals surface area contributed by atoms with Crippen molar-refractivity contribution in [3.05, 3.63) is 84.2 Å². The molecule has 0 spiro atoms. The molecule has 0 amide bonds. The topological polar surface area (TPSA) is 0 Å². The summed E-state index contributed by atoms with van der Waals surface area (Å²) in [6, 6.07) is 18.7. The van der Waals surface area contributed by atoms with Crippen LogP contribution in [-0.2, 0) is 12.8 Å². The van der Waals surface area contributed by atoms with Crippen molar-refractivity contribution >= 4 is 10.8 Å². The molecule has 0 N–H and O–H groups in total. The van der Waals surface area contributed by atoms with Gasteiger partial charge in [0.2, 0.25) is 0 Å². The molecule has 0 saturated heterocycles. The smallest absolute Gasteiger partial charge is 0.138 e. The largest absolute Gasteiger partial charge is 0.206 e. The van der Waals surface area contributed by atoms with Crippen LogP contribution in [0.15, 0.2) is 67.3 Å². The van der Waals surface area contributed by atoms with Crippen LogP contribution in [0, 0.1) is 17.2 Å². The Labute approximate surface area is 206 Å². The van der Waals surface area contributed by atoms with E-state index in [0.29, 0.717) is 11.0 Å². The van der Waals surface area contributed by atoms with Gasteiger partial charge in [0.15, 0.2) is 0 Å². The van der Waals surface area contributed by atoms with Crippen molar-refractivity contribution in [1.29, 1.82) is 0 Å². The first kappa shape index (κ1) is 24.7. The minimum atomic E-state index is -0.108. The molecular formula is C33H41F. The molecule has 1 fully saturated rings. The highest BCUT2D eigenvalue weighted by molar-refractivity contribution is 5.88. The first-order chi connectivity index (χ1) is 16.6. The summed E-state index contributed by atoms with van der Waals surface area (Å²) in [5, 5.41) is 1.74. The second kappa shape index (κ2) is 11.3. The van der Waals surface area contributed by atoms with Crippen molar-refractivity contribution in [3.63, 3.8) is 0 Å². The third-order valence-corrected chi connectivity index (χ3v) is 8.45. The zero-order chi connectivity index (χ0) is 24.0. The van der Waals surface area contributed by atoms with Gasteiger partial charge in [-0.3, -0.25) is 0 Å². The molecule has 180 valence electrons. The maximum atomic E-state index is 15.5. The number of hydrogen-bond donors (Lipinski definition) is 0. The average molecular weight is 457 g/mol. The number of rotatable bonds is 10. The molecule has 0 aliphatic heterocycles. The Bertz CT molecular complexity index is 1090. The Balaban J connectivity index is 1.52. The molecule has 1 atom stereocenters. The van der Waals surface area contributed by atoms with E-state index < -0.39 is 0 Å². The normalized spacial score (nSPS) is 16.4. The first-order valence-electron chi connectivity index (χ1n) is 13.5. The van der Waals surface area contributed by atoms with Crippen LogP contribution in [-0.4, -0.2) is 0 Å². The van der Waals surface area contributed by atoms with Crippen molar-refractivity contribution in [2.75, 3.05) is 0 Å². The van der Waals surface area contributed by atoms with E-state index >= 15 is 4.39 Å². The van der Waals surface area contributed by atoms with Crippen LogP contribution >= 0.6 is 0 Å². The molecule has 34 heavy (non-hydrogen) atoms. The van der Waals surface area contributed by atoms with Gasteiger partial charge in [0, 0.05) is 10.9 Å². The van der Waals surface area contributed by atoms with Crippen molar-refractivity contribution in [2.24, 2.45) is 11.3 Å². The Morgan fingerprint density at radius 1 is 0.941 bits per heavy atom. The van der Waals surface area contributed by atoms with E-state index in [-0.39, 0.29) is 5.82 Å². The predicted molar refractivity (Wildman–Crippen MR) is 146 cm³/mol. The second-order valence-electron chi connectivity index (χ2n) is 10.6. The van der Waals surface area contributed by atoms with Gasteiger partial charge in [-0.25, -0.2) is 4.39 Å². The fourth-order valence-electron chi connectivity index (χ4n) is 6.22. The molecule has 1 aliphatic rings. The maximum absolute atomic E-state index is 15.5. The molecule has 3 aromatic rings. The van der Waals surface area contributed by atoms with Gasteiger partial charge in [-0.05, 0) is 71.9 Å². The highest BCUT2D eigenvalue weighted by Gasteiger charge is 2.36. The van der Waals surface area contributed by atoms with Crippen molar-refractivity contribution in [1.82, 2.24) is 0 Å². The van der Waals surface area contributed by atoms with E-state index in [2.05, 4.69) is 50.8 Å². The Morgan fingerprint density at radius 2 is 1.68 bits per heavy atom. The third-order valence-electron chi connectivity index (χ3n) is 8.45. The van der Waals surface area contributed by atoms with E-state index in [1.165, 1.54) is 62.5 Å². The van der Waals surface area contributed by atoms with E-state index in [1.807, 2.05) is 30.3 Å². The highest BCUT2D eigenvalue weighted by Crippen LogP contribution is 2.47. The number of fused-ring (bicyclic) bond motifs is 1. The lowest BCUT2D eigenvalue weighted by molar-refractivity contribution is 0.0883. The van der Waals surface area contributed by atoms with Crippen molar-refractivity contribution < 1.29 is 4.39 Å². The summed E-state index contributed by atoms with van der Waals surface area (Å²) >= 11 is 0. The molecule has 0 aromatic heterocycles. The second-order valence-corrected chi connectivity index (χ2v) is 10.6. The molecule has 0 radical (unpaired) electrons. The Morgan fingerprint density at radius 3 is 2.38 bits per heavy atom. The summed E-state index contributed by atoms with van der Waals surface area (Å²) < 4.78 is 15.5. The fourth-order valence-corrected chi connectivity index (χ4v) is 6.22. The Kier molecular flexibility index (Phi) is 8.24. The van der Waals surface area contributed by atoms with Crippen LogP contribution in [0.4, 0.5) is 4.39 Å². The average Bonchev–Trinajstić information content (AvgIpc) is 2.87. The van der Waals surface area contributed by atoms with Gasteiger partial charge in [-0.2, -0.15) is 0 Å². The van der Waals surface area contributed by atoms with Crippen LogP contribution in [0.25, 0.3) is 21.9 Å². The monoisotopic (exact) mass is 456 g/mol. The summed E-state index contributed by atoms with van der Waals surface area (Å²) in [6.45, 7) is 8.59. The van der Waals surface area contributed by atoms with Crippen LogP contribution < -0.4 is 0 Å². The van der Waals surface area contributed by atoms with Gasteiger partial charge in [-0.15, -0.1) is 6.58 Å². The molecule has 3 aromatic carbocycles. The van der Waals surface area contributed by atoms with Crippen LogP contribution in [0.2, 0.25) is 0 Å². The van der Waals surface area contributed by atoms with E-state index in [4.69, 9.17) is 0 Å². The minimum Gasteiger partial charge on any atom is -0.206 e. The van der Waals surface area contributed by atoms with Gasteiger partial charge >= 0.3 is 0 Å². The van der Waals surface area contributed by atoms with Gasteiger partial charge in [-0.1, -0.05) is 107 Å². The van der Waals surface area contributed by atoms with E-state index in [0.717, 1.165) is 41.5 Å².